The number of hydrogen-bond acceptors (Lipinski definition) is 10. The van der Waals surface area contributed by atoms with Crippen LogP contribution in [0.25, 0.3) is 10.8 Å². The average molecular weight is 865 g/mol. The molecular weight excluding hydrogens is 805 g/mol. The highest BCUT2D eigenvalue weighted by atomic mass is 16.5. The average Bonchev–Trinajstić information content (AvgIpc) is 4.11. The van der Waals surface area contributed by atoms with Crippen molar-refractivity contribution in [2.75, 3.05) is 13.1 Å². The molecule has 8 atom stereocenters. The van der Waals surface area contributed by atoms with E-state index in [1.807, 2.05) is 60.7 Å². The van der Waals surface area contributed by atoms with E-state index in [9.17, 15) is 29.4 Å². The predicted octanol–water partition coefficient (Wildman–Crippen LogP) is 4.24. The monoisotopic (exact) mass is 864 g/mol. The van der Waals surface area contributed by atoms with Gasteiger partial charge in [0.25, 0.3) is 5.91 Å². The molecule has 336 valence electrons. The van der Waals surface area contributed by atoms with Crippen LogP contribution in [0.3, 0.4) is 0 Å². The molecule has 3 aliphatic rings. The smallest absolute Gasteiger partial charge is 0.407 e. The van der Waals surface area contributed by atoms with Crippen LogP contribution in [0.15, 0.2) is 79.0 Å². The Morgan fingerprint density at radius 1 is 0.921 bits per heavy atom. The van der Waals surface area contributed by atoms with Gasteiger partial charge in [0, 0.05) is 25.1 Å². The molecule has 2 heterocycles. The first-order valence-electron chi connectivity index (χ1n) is 22.2. The van der Waals surface area contributed by atoms with Crippen LogP contribution in [-0.2, 0) is 31.3 Å². The molecule has 4 unspecified atom stereocenters. The summed E-state index contributed by atoms with van der Waals surface area (Å²) in [5.41, 5.74) is 5.83. The topological polar surface area (TPSA) is 231 Å². The standard InChI is InChI=1S/C47H60N8O8/c1-47(2,62)40-26-50-53-55(40)36-25-39(44(59)51-37(41(56)42(48)57)14-8-9-21-49-46(61)63-28-29-10-4-3-5-11-29)54(27-36)45(60)38(20-19-34-23-30-15-16-33(34)22-30)52-43(58)35-18-17-31-12-6-7-13-32(31)24-35/h3-7,10-13,17-18,24,26,30,33-34,36-39,41,56,62H,8-9,14-16,19-23,25,27-28H2,1-2H3,(H2,48,57)(H,49,61)(H,51,59)(H,52,58)/t30-,33+,34?,36+,37?,38?,39+,41?/m1/s1. The first-order chi connectivity index (χ1) is 30.2. The number of nitrogens with one attached hydrogen (secondary N) is 3. The zero-order valence-electron chi connectivity index (χ0n) is 36.0. The van der Waals surface area contributed by atoms with Gasteiger partial charge in [0.15, 0.2) is 6.10 Å². The highest BCUT2D eigenvalue weighted by Crippen LogP contribution is 2.50. The fourth-order valence-electron chi connectivity index (χ4n) is 9.82. The number of likely N-dealkylation sites (tertiary alicyclic amines) is 1. The second-order valence-electron chi connectivity index (χ2n) is 18.1. The largest absolute Gasteiger partial charge is 0.445 e. The first-order valence-corrected chi connectivity index (χ1v) is 22.2. The molecular formula is C47H60N8O8. The lowest BCUT2D eigenvalue weighted by molar-refractivity contribution is -0.141. The van der Waals surface area contributed by atoms with Crippen LogP contribution >= 0.6 is 0 Å². The lowest BCUT2D eigenvalue weighted by Gasteiger charge is -2.31. The van der Waals surface area contributed by atoms with Crippen LogP contribution in [0.5, 0.6) is 0 Å². The van der Waals surface area contributed by atoms with Crippen molar-refractivity contribution >= 4 is 40.5 Å². The van der Waals surface area contributed by atoms with Gasteiger partial charge in [-0.2, -0.15) is 0 Å². The van der Waals surface area contributed by atoms with Gasteiger partial charge >= 0.3 is 6.09 Å². The quantitative estimate of drug-likeness (QED) is 0.0735. The summed E-state index contributed by atoms with van der Waals surface area (Å²) in [6, 6.07) is 18.6. The minimum Gasteiger partial charge on any atom is -0.445 e. The molecule has 16 heteroatoms. The number of benzene rings is 3. The fraction of sp³-hybridized carbons (Fsp3) is 0.511. The van der Waals surface area contributed by atoms with Gasteiger partial charge in [-0.15, -0.1) is 5.10 Å². The highest BCUT2D eigenvalue weighted by Gasteiger charge is 2.46. The number of primary amides is 1. The number of aliphatic hydroxyl groups is 2. The third-order valence-corrected chi connectivity index (χ3v) is 13.2. The number of amides is 5. The van der Waals surface area contributed by atoms with Crippen LogP contribution in [0.2, 0.25) is 0 Å². The van der Waals surface area contributed by atoms with Gasteiger partial charge in [0.2, 0.25) is 17.7 Å². The van der Waals surface area contributed by atoms with Crippen molar-refractivity contribution in [2.45, 2.75) is 121 Å². The van der Waals surface area contributed by atoms with E-state index < -0.39 is 65.6 Å². The fourth-order valence-corrected chi connectivity index (χ4v) is 9.82. The van der Waals surface area contributed by atoms with E-state index in [1.165, 1.54) is 35.0 Å². The normalized spacial score (nSPS) is 22.0. The Morgan fingerprint density at radius 3 is 2.40 bits per heavy atom. The summed E-state index contributed by atoms with van der Waals surface area (Å²) in [7, 11) is 0. The number of aromatic nitrogens is 3. The van der Waals surface area contributed by atoms with E-state index in [4.69, 9.17) is 10.5 Å². The molecule has 7 N–H and O–H groups in total. The number of ether oxygens (including phenoxy) is 1. The molecule has 5 amide bonds. The maximum atomic E-state index is 15.0. The molecule has 0 spiro atoms. The molecule has 1 saturated heterocycles. The number of aliphatic hydroxyl groups excluding tert-OH is 1. The Balaban J connectivity index is 1.08. The van der Waals surface area contributed by atoms with Crippen molar-refractivity contribution in [2.24, 2.45) is 23.5 Å². The van der Waals surface area contributed by atoms with Crippen LogP contribution in [0, 0.1) is 17.8 Å². The number of nitrogens with zero attached hydrogens (tertiary/aromatic N) is 4. The molecule has 2 saturated carbocycles. The molecule has 7 rings (SSSR count). The zero-order chi connectivity index (χ0) is 44.7. The van der Waals surface area contributed by atoms with Crippen molar-refractivity contribution in [3.05, 3.63) is 95.8 Å². The zero-order valence-corrected chi connectivity index (χ0v) is 36.0. The minimum absolute atomic E-state index is 0.00884. The van der Waals surface area contributed by atoms with Crippen LogP contribution in [0.4, 0.5) is 4.79 Å². The lowest BCUT2D eigenvalue weighted by atomic mass is 9.84. The van der Waals surface area contributed by atoms with Crippen molar-refractivity contribution in [1.82, 2.24) is 35.8 Å². The summed E-state index contributed by atoms with van der Waals surface area (Å²) in [5.74, 6) is -0.779. The van der Waals surface area contributed by atoms with E-state index in [1.54, 1.807) is 26.0 Å². The molecule has 4 aromatic rings. The summed E-state index contributed by atoms with van der Waals surface area (Å²) in [5, 5.41) is 40.6. The molecule has 63 heavy (non-hydrogen) atoms. The van der Waals surface area contributed by atoms with E-state index in [2.05, 4.69) is 26.3 Å². The van der Waals surface area contributed by atoms with Crippen LogP contribution in [0.1, 0.15) is 106 Å². The number of hydrogen-bond donors (Lipinski definition) is 6. The van der Waals surface area contributed by atoms with Crippen molar-refractivity contribution in [3.8, 4) is 0 Å². The number of carbonyl (C=O) groups is 5. The van der Waals surface area contributed by atoms with Crippen molar-refractivity contribution in [3.63, 3.8) is 0 Å². The van der Waals surface area contributed by atoms with Gasteiger partial charge in [-0.1, -0.05) is 72.3 Å². The number of nitrogens with two attached hydrogens (primary N) is 1. The van der Waals surface area contributed by atoms with Gasteiger partial charge in [-0.25, -0.2) is 9.48 Å². The minimum atomic E-state index is -1.74. The molecule has 2 aliphatic carbocycles. The Hall–Kier alpha value is -5.87. The second-order valence-corrected chi connectivity index (χ2v) is 18.1. The van der Waals surface area contributed by atoms with Gasteiger partial charge in [-0.3, -0.25) is 19.2 Å². The van der Waals surface area contributed by atoms with Crippen LogP contribution < -0.4 is 21.7 Å². The summed E-state index contributed by atoms with van der Waals surface area (Å²) < 4.78 is 6.79. The Labute approximate surface area is 367 Å². The molecule has 2 bridgehead atoms. The molecule has 3 aromatic carbocycles. The number of rotatable bonds is 19. The maximum absolute atomic E-state index is 15.0. The summed E-state index contributed by atoms with van der Waals surface area (Å²) in [6.45, 7) is 3.55. The van der Waals surface area contributed by atoms with E-state index in [-0.39, 0.29) is 32.5 Å². The molecule has 3 fully saturated rings. The number of unbranched alkanes of at least 4 members (excludes halogenated alkanes) is 1. The predicted molar refractivity (Wildman–Crippen MR) is 233 cm³/mol. The third kappa shape index (κ3) is 11.2. The summed E-state index contributed by atoms with van der Waals surface area (Å²) in [4.78, 5) is 69.6. The molecule has 16 nitrogen and oxygen atoms in total. The van der Waals surface area contributed by atoms with Crippen LogP contribution in [-0.4, -0.2) is 97.1 Å². The highest BCUT2D eigenvalue weighted by molar-refractivity contribution is 6.01. The number of carbonyl (C=O) groups excluding carboxylic acids is 5. The van der Waals surface area contributed by atoms with Crippen molar-refractivity contribution < 1.29 is 38.9 Å². The Kier molecular flexibility index (Phi) is 14.4. The molecule has 0 radical (unpaired) electrons. The van der Waals surface area contributed by atoms with Gasteiger partial charge in [0.1, 0.15) is 24.3 Å². The lowest BCUT2D eigenvalue weighted by Crippen LogP contribution is -2.57. The van der Waals surface area contributed by atoms with E-state index in [0.717, 1.165) is 29.2 Å². The summed E-state index contributed by atoms with van der Waals surface area (Å²) >= 11 is 0. The molecule has 1 aliphatic heterocycles. The van der Waals surface area contributed by atoms with Gasteiger partial charge in [0.05, 0.1) is 24.0 Å². The van der Waals surface area contributed by atoms with E-state index >= 15 is 4.79 Å². The van der Waals surface area contributed by atoms with Gasteiger partial charge < -0.3 is 41.5 Å². The van der Waals surface area contributed by atoms with E-state index in [0.29, 0.717) is 48.3 Å². The van der Waals surface area contributed by atoms with Crippen molar-refractivity contribution in [1.29, 1.82) is 0 Å². The SMILES string of the molecule is CC(C)(O)c1cnnn1[C@H]1C[C@@H](C(=O)NC(CCCCNC(=O)OCc2ccccc2)C(O)C(N)=O)N(C(=O)C(CCC2C[C@@H]3CC[C@H]2C3)NC(=O)c2ccc3ccccc3c2)C1. The second kappa shape index (κ2) is 20.1. The first kappa shape index (κ1) is 45.2. The number of alkyl carbamates (subject to hydrolysis) is 1. The molecule has 1 aromatic heterocycles. The Bertz CT molecular complexity index is 2240. The Morgan fingerprint density at radius 2 is 1.68 bits per heavy atom. The maximum Gasteiger partial charge on any atom is 0.407 e. The summed E-state index contributed by atoms with van der Waals surface area (Å²) in [6.07, 6.45) is 5.92. The van der Waals surface area contributed by atoms with Gasteiger partial charge in [-0.05, 0) is 111 Å². The number of fused-ring (bicyclic) bond motifs is 3. The third-order valence-electron chi connectivity index (χ3n) is 13.2.